The molecule has 2 amide bonds. The highest BCUT2D eigenvalue weighted by atomic mass is 35.5. The molecule has 1 aliphatic carbocycles. The molecule has 0 aromatic heterocycles. The van der Waals surface area contributed by atoms with Gasteiger partial charge in [-0.25, -0.2) is 0 Å². The van der Waals surface area contributed by atoms with Crippen LogP contribution in [-0.4, -0.2) is 35.4 Å². The molecule has 1 N–H and O–H groups in total. The number of hydrogen-bond donors (Lipinski definition) is 1. The molecule has 0 aliphatic heterocycles. The van der Waals surface area contributed by atoms with Crippen LogP contribution in [0.4, 0.5) is 0 Å². The van der Waals surface area contributed by atoms with E-state index in [9.17, 15) is 9.59 Å². The van der Waals surface area contributed by atoms with Crippen molar-refractivity contribution in [2.75, 3.05) is 6.61 Å². The molecule has 0 heterocycles. The van der Waals surface area contributed by atoms with Crippen LogP contribution >= 0.6 is 34.8 Å². The standard InChI is InChI=1S/C31H33Cl3N2O3/c1-20-14-26(15-21(2)30(20)34)39-19-29(37)36(18-23-12-13-24(32)17-27(23)33)28(16-22-8-4-3-5-9-22)31(38)35-25-10-6-7-11-25/h3-5,8-9,12-15,17,25,28H,6-7,10-11,16,18-19H2,1-2H3,(H,35,38)/t28-/m0/s1. The van der Waals surface area contributed by atoms with Gasteiger partial charge in [0.15, 0.2) is 6.61 Å². The van der Waals surface area contributed by atoms with E-state index in [1.54, 1.807) is 35.2 Å². The number of nitrogens with one attached hydrogen (secondary N) is 1. The average molecular weight is 588 g/mol. The monoisotopic (exact) mass is 586 g/mol. The second-order valence-corrected chi connectivity index (χ2v) is 11.3. The van der Waals surface area contributed by atoms with Crippen molar-refractivity contribution >= 4 is 46.6 Å². The molecule has 8 heteroatoms. The van der Waals surface area contributed by atoms with Gasteiger partial charge in [-0.2, -0.15) is 0 Å². The highest BCUT2D eigenvalue weighted by molar-refractivity contribution is 6.35. The van der Waals surface area contributed by atoms with Crippen molar-refractivity contribution in [1.82, 2.24) is 10.2 Å². The van der Waals surface area contributed by atoms with E-state index in [0.29, 0.717) is 32.8 Å². The normalized spacial score (nSPS) is 14.2. The Hall–Kier alpha value is -2.73. The summed E-state index contributed by atoms with van der Waals surface area (Å²) in [6.45, 7) is 3.67. The molecule has 0 unspecified atom stereocenters. The van der Waals surface area contributed by atoms with Gasteiger partial charge in [-0.15, -0.1) is 0 Å². The van der Waals surface area contributed by atoms with Crippen molar-refractivity contribution in [3.05, 3.63) is 98.0 Å². The maximum atomic E-state index is 13.8. The Morgan fingerprint density at radius 1 is 0.974 bits per heavy atom. The minimum absolute atomic E-state index is 0.114. The van der Waals surface area contributed by atoms with Gasteiger partial charge in [0.2, 0.25) is 5.91 Å². The average Bonchev–Trinajstić information content (AvgIpc) is 3.42. The highest BCUT2D eigenvalue weighted by Crippen LogP contribution is 2.27. The lowest BCUT2D eigenvalue weighted by molar-refractivity contribution is -0.143. The first-order valence-electron chi connectivity index (χ1n) is 13.2. The molecule has 1 saturated carbocycles. The fraction of sp³-hybridized carbons (Fsp3) is 0.355. The number of hydrogen-bond acceptors (Lipinski definition) is 3. The summed E-state index contributed by atoms with van der Waals surface area (Å²) >= 11 is 18.9. The first-order valence-corrected chi connectivity index (χ1v) is 14.3. The van der Waals surface area contributed by atoms with E-state index >= 15 is 0 Å². The molecule has 1 fully saturated rings. The lowest BCUT2D eigenvalue weighted by atomic mass is 10.0. The van der Waals surface area contributed by atoms with E-state index in [1.165, 1.54) is 0 Å². The van der Waals surface area contributed by atoms with E-state index in [2.05, 4.69) is 5.32 Å². The van der Waals surface area contributed by atoms with E-state index in [-0.39, 0.29) is 31.0 Å². The maximum absolute atomic E-state index is 13.8. The van der Waals surface area contributed by atoms with Crippen LogP contribution in [0.2, 0.25) is 15.1 Å². The van der Waals surface area contributed by atoms with Crippen LogP contribution < -0.4 is 10.1 Å². The molecule has 3 aromatic rings. The second-order valence-electron chi connectivity index (χ2n) is 10.1. The summed E-state index contributed by atoms with van der Waals surface area (Å²) < 4.78 is 5.93. The van der Waals surface area contributed by atoms with Crippen LogP contribution in [0.15, 0.2) is 60.7 Å². The van der Waals surface area contributed by atoms with E-state index < -0.39 is 6.04 Å². The van der Waals surface area contributed by atoms with Crippen molar-refractivity contribution < 1.29 is 14.3 Å². The predicted octanol–water partition coefficient (Wildman–Crippen LogP) is 7.34. The summed E-state index contributed by atoms with van der Waals surface area (Å²) in [5.41, 5.74) is 3.37. The number of carbonyl (C=O) groups is 2. The number of ether oxygens (including phenoxy) is 1. The number of amides is 2. The Balaban J connectivity index is 1.64. The molecule has 0 radical (unpaired) electrons. The third-order valence-electron chi connectivity index (χ3n) is 7.10. The Kier molecular flexibility index (Phi) is 10.2. The summed E-state index contributed by atoms with van der Waals surface area (Å²) in [5.74, 6) is 0.0402. The third-order valence-corrected chi connectivity index (χ3v) is 8.28. The van der Waals surface area contributed by atoms with Crippen LogP contribution in [0.1, 0.15) is 47.9 Å². The Bertz CT molecular complexity index is 1290. The summed E-state index contributed by atoms with van der Waals surface area (Å²) in [5, 5.41) is 4.79. The highest BCUT2D eigenvalue weighted by Gasteiger charge is 2.32. The van der Waals surface area contributed by atoms with E-state index in [4.69, 9.17) is 39.5 Å². The molecule has 0 bridgehead atoms. The van der Waals surface area contributed by atoms with Gasteiger partial charge in [0.25, 0.3) is 5.91 Å². The molecule has 3 aromatic carbocycles. The molecular weight excluding hydrogens is 555 g/mol. The smallest absolute Gasteiger partial charge is 0.261 e. The number of halogens is 3. The summed E-state index contributed by atoms with van der Waals surface area (Å²) in [4.78, 5) is 29.2. The van der Waals surface area contributed by atoms with Gasteiger partial charge < -0.3 is 15.0 Å². The van der Waals surface area contributed by atoms with Gasteiger partial charge in [-0.05, 0) is 73.2 Å². The Labute approximate surface area is 245 Å². The van der Waals surface area contributed by atoms with Gasteiger partial charge in [0.1, 0.15) is 11.8 Å². The number of rotatable bonds is 10. The molecule has 206 valence electrons. The predicted molar refractivity (Wildman–Crippen MR) is 158 cm³/mol. The zero-order valence-electron chi connectivity index (χ0n) is 22.2. The van der Waals surface area contributed by atoms with Gasteiger partial charge >= 0.3 is 0 Å². The van der Waals surface area contributed by atoms with Gasteiger partial charge in [0, 0.05) is 34.1 Å². The van der Waals surface area contributed by atoms with Crippen LogP contribution in [0.25, 0.3) is 0 Å². The lowest BCUT2D eigenvalue weighted by Gasteiger charge is -2.32. The number of aryl methyl sites for hydroxylation is 2. The molecule has 0 saturated heterocycles. The molecule has 0 spiro atoms. The molecule has 1 aliphatic rings. The third kappa shape index (κ3) is 7.91. The van der Waals surface area contributed by atoms with Crippen LogP contribution in [-0.2, 0) is 22.6 Å². The van der Waals surface area contributed by atoms with Crippen LogP contribution in [0.5, 0.6) is 5.75 Å². The fourth-order valence-corrected chi connectivity index (χ4v) is 5.55. The topological polar surface area (TPSA) is 58.6 Å². The molecule has 1 atom stereocenters. The minimum atomic E-state index is -0.760. The van der Waals surface area contributed by atoms with Crippen LogP contribution in [0, 0.1) is 13.8 Å². The summed E-state index contributed by atoms with van der Waals surface area (Å²) in [7, 11) is 0. The lowest BCUT2D eigenvalue weighted by Crippen LogP contribution is -2.53. The quantitative estimate of drug-likeness (QED) is 0.270. The molecule has 4 rings (SSSR count). The number of carbonyl (C=O) groups excluding carboxylic acids is 2. The SMILES string of the molecule is Cc1cc(OCC(=O)N(Cc2ccc(Cl)cc2Cl)[C@@H](Cc2ccccc2)C(=O)NC2CCCC2)cc(C)c1Cl. The summed E-state index contributed by atoms with van der Waals surface area (Å²) in [6.07, 6.45) is 4.42. The number of nitrogens with zero attached hydrogens (tertiary/aromatic N) is 1. The van der Waals surface area contributed by atoms with Crippen molar-refractivity contribution in [3.8, 4) is 5.75 Å². The zero-order valence-corrected chi connectivity index (χ0v) is 24.5. The van der Waals surface area contributed by atoms with Gasteiger partial charge in [0.05, 0.1) is 0 Å². The van der Waals surface area contributed by atoms with Crippen molar-refractivity contribution in [1.29, 1.82) is 0 Å². The number of benzene rings is 3. The van der Waals surface area contributed by atoms with Crippen molar-refractivity contribution in [2.24, 2.45) is 0 Å². The first kappa shape index (κ1) is 29.3. The maximum Gasteiger partial charge on any atom is 0.261 e. The Morgan fingerprint density at radius 2 is 1.64 bits per heavy atom. The molecule has 5 nitrogen and oxygen atoms in total. The van der Waals surface area contributed by atoms with E-state index in [1.807, 2.05) is 44.2 Å². The summed E-state index contributed by atoms with van der Waals surface area (Å²) in [6, 6.07) is 17.8. The van der Waals surface area contributed by atoms with Gasteiger partial charge in [-0.3, -0.25) is 9.59 Å². The minimum Gasteiger partial charge on any atom is -0.484 e. The van der Waals surface area contributed by atoms with Gasteiger partial charge in [-0.1, -0.05) is 84.0 Å². The van der Waals surface area contributed by atoms with Crippen molar-refractivity contribution in [3.63, 3.8) is 0 Å². The largest absolute Gasteiger partial charge is 0.484 e. The van der Waals surface area contributed by atoms with E-state index in [0.717, 1.165) is 42.4 Å². The molecular formula is C31H33Cl3N2O3. The Morgan fingerprint density at radius 3 is 2.28 bits per heavy atom. The molecule has 39 heavy (non-hydrogen) atoms. The first-order chi connectivity index (χ1) is 18.7. The fourth-order valence-electron chi connectivity index (χ4n) is 4.97. The second kappa shape index (κ2) is 13.6. The van der Waals surface area contributed by atoms with Crippen LogP contribution in [0.3, 0.4) is 0 Å². The zero-order chi connectivity index (χ0) is 27.9. The van der Waals surface area contributed by atoms with Crippen molar-refractivity contribution in [2.45, 2.75) is 64.6 Å².